The van der Waals surface area contributed by atoms with Crippen LogP contribution in [0.1, 0.15) is 24.8 Å². The summed E-state index contributed by atoms with van der Waals surface area (Å²) in [5.74, 6) is 0. The summed E-state index contributed by atoms with van der Waals surface area (Å²) in [5.41, 5.74) is 1.64. The van der Waals surface area contributed by atoms with Gasteiger partial charge >= 0.3 is 0 Å². The van der Waals surface area contributed by atoms with E-state index in [-0.39, 0.29) is 5.41 Å². The Labute approximate surface area is 156 Å². The van der Waals surface area contributed by atoms with Gasteiger partial charge in [-0.2, -0.15) is 4.31 Å². The third kappa shape index (κ3) is 3.56. The molecule has 2 aliphatic rings. The van der Waals surface area contributed by atoms with Crippen molar-refractivity contribution >= 4 is 10.0 Å². The maximum Gasteiger partial charge on any atom is 0.243 e. The van der Waals surface area contributed by atoms with Gasteiger partial charge in [0.05, 0.1) is 4.90 Å². The average Bonchev–Trinajstić information content (AvgIpc) is 3.05. The number of sulfonamides is 1. The Bertz CT molecular complexity index is 829. The van der Waals surface area contributed by atoms with Crippen LogP contribution in [0.4, 0.5) is 0 Å². The van der Waals surface area contributed by atoms with Crippen molar-refractivity contribution in [3.05, 3.63) is 66.2 Å². The topological polar surface area (TPSA) is 40.6 Å². The smallest absolute Gasteiger partial charge is 0.243 e. The fraction of sp³-hybridized carbons (Fsp3) is 0.429. The average molecular weight is 371 g/mol. The van der Waals surface area contributed by atoms with Gasteiger partial charge in [0.1, 0.15) is 0 Å². The van der Waals surface area contributed by atoms with Crippen LogP contribution in [0.15, 0.2) is 65.6 Å². The fourth-order valence-corrected chi connectivity index (χ4v) is 5.82. The molecule has 1 spiro atoms. The molecule has 2 saturated heterocycles. The molecule has 26 heavy (non-hydrogen) atoms. The summed E-state index contributed by atoms with van der Waals surface area (Å²) in [6.45, 7) is 4.46. The summed E-state index contributed by atoms with van der Waals surface area (Å²) < 4.78 is 27.3. The van der Waals surface area contributed by atoms with E-state index >= 15 is 0 Å². The second-order valence-corrected chi connectivity index (χ2v) is 9.60. The van der Waals surface area contributed by atoms with E-state index in [4.69, 9.17) is 0 Å². The van der Waals surface area contributed by atoms with Crippen LogP contribution in [0.5, 0.6) is 0 Å². The molecule has 2 aliphatic heterocycles. The van der Waals surface area contributed by atoms with E-state index in [9.17, 15) is 8.42 Å². The van der Waals surface area contributed by atoms with Crippen molar-refractivity contribution in [3.63, 3.8) is 0 Å². The Balaban J connectivity index is 1.38. The van der Waals surface area contributed by atoms with Gasteiger partial charge in [-0.15, -0.1) is 0 Å². The standard InChI is InChI=1S/C21H26N2O2S/c24-26(25,20-9-5-2-6-10-20)23-15-12-21(13-16-23)11-14-22(18-21)17-19-7-3-1-4-8-19/h1-10H,11-18H2. The van der Waals surface area contributed by atoms with Crippen LogP contribution >= 0.6 is 0 Å². The molecule has 2 aromatic carbocycles. The van der Waals surface area contributed by atoms with Gasteiger partial charge in [-0.05, 0) is 48.9 Å². The van der Waals surface area contributed by atoms with Crippen LogP contribution < -0.4 is 0 Å². The Morgan fingerprint density at radius 3 is 2.04 bits per heavy atom. The van der Waals surface area contributed by atoms with Gasteiger partial charge in [-0.1, -0.05) is 48.5 Å². The first-order chi connectivity index (χ1) is 12.6. The largest absolute Gasteiger partial charge is 0.299 e. The van der Waals surface area contributed by atoms with Crippen LogP contribution in [-0.2, 0) is 16.6 Å². The van der Waals surface area contributed by atoms with E-state index in [1.54, 1.807) is 28.6 Å². The molecular formula is C21H26N2O2S. The number of rotatable bonds is 4. The number of benzene rings is 2. The molecule has 0 radical (unpaired) electrons. The zero-order valence-electron chi connectivity index (χ0n) is 15.0. The summed E-state index contributed by atoms with van der Waals surface area (Å²) in [7, 11) is -3.35. The predicted molar refractivity (Wildman–Crippen MR) is 103 cm³/mol. The SMILES string of the molecule is O=S(=O)(c1ccccc1)N1CCC2(CCN(Cc3ccccc3)C2)CC1. The van der Waals surface area contributed by atoms with Gasteiger partial charge in [-0.25, -0.2) is 8.42 Å². The molecule has 138 valence electrons. The quantitative estimate of drug-likeness (QED) is 0.829. The Morgan fingerprint density at radius 1 is 0.808 bits per heavy atom. The molecule has 5 heteroatoms. The highest BCUT2D eigenvalue weighted by Crippen LogP contribution is 2.41. The van der Waals surface area contributed by atoms with Crippen LogP contribution in [-0.4, -0.2) is 43.8 Å². The van der Waals surface area contributed by atoms with Crippen molar-refractivity contribution in [2.24, 2.45) is 5.41 Å². The van der Waals surface area contributed by atoms with E-state index < -0.39 is 10.0 Å². The number of likely N-dealkylation sites (tertiary alicyclic amines) is 1. The summed E-state index contributed by atoms with van der Waals surface area (Å²) in [4.78, 5) is 2.93. The molecule has 2 aromatic rings. The highest BCUT2D eigenvalue weighted by Gasteiger charge is 2.42. The normalized spacial score (nSPS) is 21.2. The number of piperidine rings is 1. The molecule has 0 bridgehead atoms. The van der Waals surface area contributed by atoms with Crippen LogP contribution in [0.3, 0.4) is 0 Å². The summed E-state index contributed by atoms with van der Waals surface area (Å²) in [6, 6.07) is 19.4. The lowest BCUT2D eigenvalue weighted by Gasteiger charge is -2.38. The lowest BCUT2D eigenvalue weighted by Crippen LogP contribution is -2.44. The Hall–Kier alpha value is -1.69. The highest BCUT2D eigenvalue weighted by molar-refractivity contribution is 7.89. The van der Waals surface area contributed by atoms with Crippen LogP contribution in [0, 0.1) is 5.41 Å². The van der Waals surface area contributed by atoms with E-state index in [1.807, 2.05) is 6.07 Å². The fourth-order valence-electron chi connectivity index (χ4n) is 4.35. The van der Waals surface area contributed by atoms with Gasteiger partial charge in [0.25, 0.3) is 0 Å². The van der Waals surface area contributed by atoms with E-state index in [0.717, 1.165) is 32.5 Å². The highest BCUT2D eigenvalue weighted by atomic mass is 32.2. The van der Waals surface area contributed by atoms with Crippen LogP contribution in [0.2, 0.25) is 0 Å². The third-order valence-electron chi connectivity index (χ3n) is 5.93. The van der Waals surface area contributed by atoms with Crippen molar-refractivity contribution in [1.82, 2.24) is 9.21 Å². The lowest BCUT2D eigenvalue weighted by atomic mass is 9.78. The van der Waals surface area contributed by atoms with Crippen molar-refractivity contribution in [2.45, 2.75) is 30.7 Å². The van der Waals surface area contributed by atoms with E-state index in [1.165, 1.54) is 12.0 Å². The van der Waals surface area contributed by atoms with Gasteiger partial charge in [0, 0.05) is 26.2 Å². The zero-order valence-corrected chi connectivity index (χ0v) is 15.9. The Morgan fingerprint density at radius 2 is 1.38 bits per heavy atom. The number of nitrogens with zero attached hydrogens (tertiary/aromatic N) is 2. The molecule has 0 N–H and O–H groups in total. The monoisotopic (exact) mass is 370 g/mol. The molecule has 0 aromatic heterocycles. The maximum absolute atomic E-state index is 12.8. The molecule has 0 unspecified atom stereocenters. The van der Waals surface area contributed by atoms with Crippen molar-refractivity contribution in [1.29, 1.82) is 0 Å². The molecule has 0 atom stereocenters. The van der Waals surface area contributed by atoms with Gasteiger partial charge in [-0.3, -0.25) is 4.90 Å². The minimum Gasteiger partial charge on any atom is -0.299 e. The molecule has 2 fully saturated rings. The number of hydrogen-bond acceptors (Lipinski definition) is 3. The van der Waals surface area contributed by atoms with E-state index in [2.05, 4.69) is 35.2 Å². The summed E-state index contributed by atoms with van der Waals surface area (Å²) in [6.07, 6.45) is 3.10. The summed E-state index contributed by atoms with van der Waals surface area (Å²) >= 11 is 0. The number of hydrogen-bond donors (Lipinski definition) is 0. The first kappa shape index (κ1) is 17.7. The minimum absolute atomic E-state index is 0.289. The van der Waals surface area contributed by atoms with Crippen molar-refractivity contribution in [2.75, 3.05) is 26.2 Å². The van der Waals surface area contributed by atoms with Gasteiger partial charge in [0.15, 0.2) is 0 Å². The molecule has 0 saturated carbocycles. The first-order valence-electron chi connectivity index (χ1n) is 9.39. The van der Waals surface area contributed by atoms with Crippen LogP contribution in [0.25, 0.3) is 0 Å². The van der Waals surface area contributed by atoms with Gasteiger partial charge in [0.2, 0.25) is 10.0 Å². The molecule has 0 aliphatic carbocycles. The lowest BCUT2D eigenvalue weighted by molar-refractivity contribution is 0.153. The zero-order chi connectivity index (χ0) is 18.0. The second kappa shape index (κ2) is 7.14. The van der Waals surface area contributed by atoms with Gasteiger partial charge < -0.3 is 0 Å². The summed E-state index contributed by atoms with van der Waals surface area (Å²) in [5, 5.41) is 0. The van der Waals surface area contributed by atoms with E-state index in [0.29, 0.717) is 18.0 Å². The minimum atomic E-state index is -3.35. The molecular weight excluding hydrogens is 344 g/mol. The predicted octanol–water partition coefficient (Wildman–Crippen LogP) is 3.36. The maximum atomic E-state index is 12.8. The molecule has 4 rings (SSSR count). The molecule has 0 amide bonds. The molecule has 2 heterocycles. The second-order valence-electron chi connectivity index (χ2n) is 7.66. The van der Waals surface area contributed by atoms with Crippen molar-refractivity contribution in [3.8, 4) is 0 Å². The molecule has 4 nitrogen and oxygen atoms in total. The van der Waals surface area contributed by atoms with Crippen molar-refractivity contribution < 1.29 is 8.42 Å². The third-order valence-corrected chi connectivity index (χ3v) is 7.84. The Kier molecular flexibility index (Phi) is 4.86. The first-order valence-corrected chi connectivity index (χ1v) is 10.8.